The zero-order chi connectivity index (χ0) is 14.7. The molecule has 0 amide bonds. The fraction of sp³-hybridized carbons (Fsp3) is 0.400. The topological polar surface area (TPSA) is 81.2 Å². The molecule has 1 aliphatic rings. The number of rotatable bonds is 6. The third-order valence-electron chi connectivity index (χ3n) is 3.14. The smallest absolute Gasteiger partial charge is 0.229 e. The summed E-state index contributed by atoms with van der Waals surface area (Å²) in [5.41, 5.74) is 0.529. The van der Waals surface area contributed by atoms with Crippen LogP contribution >= 0.6 is 0 Å². The molecule has 0 N–H and O–H groups in total. The number of hydrogen-bond acceptors (Lipinski definition) is 6. The Balaban J connectivity index is 1.69. The molecule has 2 aromatic rings. The minimum absolute atomic E-state index is 0.211. The third-order valence-corrected chi connectivity index (χ3v) is 3.14. The van der Waals surface area contributed by atoms with Crippen molar-refractivity contribution >= 4 is 0 Å². The van der Waals surface area contributed by atoms with Crippen molar-refractivity contribution in [2.24, 2.45) is 0 Å². The van der Waals surface area contributed by atoms with E-state index in [1.54, 1.807) is 18.2 Å². The van der Waals surface area contributed by atoms with E-state index in [0.717, 1.165) is 12.8 Å². The first-order chi connectivity index (χ1) is 10.3. The van der Waals surface area contributed by atoms with Gasteiger partial charge in [0.2, 0.25) is 11.7 Å². The highest BCUT2D eigenvalue weighted by molar-refractivity contribution is 5.46. The summed E-state index contributed by atoms with van der Waals surface area (Å²) in [7, 11) is 0. The number of aromatic nitrogens is 2. The van der Waals surface area contributed by atoms with Crippen LogP contribution < -0.4 is 9.47 Å². The molecule has 6 heteroatoms. The van der Waals surface area contributed by atoms with E-state index in [9.17, 15) is 0 Å². The second-order valence-corrected chi connectivity index (χ2v) is 4.82. The van der Waals surface area contributed by atoms with Crippen LogP contribution in [-0.4, -0.2) is 16.7 Å². The van der Waals surface area contributed by atoms with E-state index < -0.39 is 0 Å². The van der Waals surface area contributed by atoms with E-state index in [4.69, 9.17) is 19.3 Å². The van der Waals surface area contributed by atoms with Crippen LogP contribution in [0.4, 0.5) is 0 Å². The minimum atomic E-state index is 0.211. The fourth-order valence-corrected chi connectivity index (χ4v) is 1.93. The quantitative estimate of drug-likeness (QED) is 0.811. The molecule has 0 unspecified atom stereocenters. The lowest BCUT2D eigenvalue weighted by molar-refractivity contribution is 0.258. The van der Waals surface area contributed by atoms with Gasteiger partial charge < -0.3 is 14.0 Å². The molecular weight excluding hydrogens is 270 g/mol. The summed E-state index contributed by atoms with van der Waals surface area (Å²) in [4.78, 5) is 4.30. The Hall–Kier alpha value is -2.55. The predicted molar refractivity (Wildman–Crippen MR) is 72.9 cm³/mol. The van der Waals surface area contributed by atoms with Gasteiger partial charge in [-0.1, -0.05) is 5.16 Å². The molecule has 0 bridgehead atoms. The van der Waals surface area contributed by atoms with Gasteiger partial charge in [0.25, 0.3) is 0 Å². The van der Waals surface area contributed by atoms with E-state index in [0.29, 0.717) is 41.3 Å². The normalized spacial score (nSPS) is 13.7. The van der Waals surface area contributed by atoms with Crippen molar-refractivity contribution in [1.29, 1.82) is 5.26 Å². The van der Waals surface area contributed by atoms with Gasteiger partial charge in [0, 0.05) is 12.0 Å². The first kappa shape index (κ1) is 13.4. The minimum Gasteiger partial charge on any atom is -0.490 e. The van der Waals surface area contributed by atoms with E-state index in [1.165, 1.54) is 0 Å². The average Bonchev–Trinajstić information content (AvgIpc) is 3.25. The molecule has 1 aromatic carbocycles. The van der Waals surface area contributed by atoms with Gasteiger partial charge in [0.05, 0.1) is 18.2 Å². The summed E-state index contributed by atoms with van der Waals surface area (Å²) in [5.74, 6) is 2.75. The van der Waals surface area contributed by atoms with Crippen LogP contribution in [0.15, 0.2) is 22.7 Å². The van der Waals surface area contributed by atoms with Gasteiger partial charge in [-0.15, -0.1) is 0 Å². The van der Waals surface area contributed by atoms with Gasteiger partial charge in [0.1, 0.15) is 0 Å². The number of benzene rings is 1. The number of nitrogens with zero attached hydrogens (tertiary/aromatic N) is 3. The van der Waals surface area contributed by atoms with Crippen LogP contribution in [0.3, 0.4) is 0 Å². The van der Waals surface area contributed by atoms with Crippen LogP contribution in [0.5, 0.6) is 11.5 Å². The Labute approximate surface area is 122 Å². The van der Waals surface area contributed by atoms with E-state index in [-0.39, 0.29) is 6.61 Å². The lowest BCUT2D eigenvalue weighted by Crippen LogP contribution is -2.01. The van der Waals surface area contributed by atoms with Gasteiger partial charge in [-0.25, -0.2) is 0 Å². The van der Waals surface area contributed by atoms with Crippen molar-refractivity contribution in [3.05, 3.63) is 35.5 Å². The Morgan fingerprint density at radius 3 is 2.90 bits per heavy atom. The summed E-state index contributed by atoms with van der Waals surface area (Å²) in [6.45, 7) is 2.59. The molecule has 6 nitrogen and oxygen atoms in total. The SMILES string of the molecule is CCOc1cc(C#N)ccc1OCc1noc(C2CC2)n1. The molecule has 0 radical (unpaired) electrons. The van der Waals surface area contributed by atoms with Crippen molar-refractivity contribution in [1.82, 2.24) is 10.1 Å². The lowest BCUT2D eigenvalue weighted by atomic mass is 10.2. The van der Waals surface area contributed by atoms with Gasteiger partial charge >= 0.3 is 0 Å². The van der Waals surface area contributed by atoms with Crippen LogP contribution in [0.1, 0.15) is 43.0 Å². The highest BCUT2D eigenvalue weighted by atomic mass is 16.5. The number of hydrogen-bond donors (Lipinski definition) is 0. The Morgan fingerprint density at radius 2 is 2.19 bits per heavy atom. The summed E-state index contributed by atoms with van der Waals surface area (Å²) in [5, 5.41) is 12.8. The van der Waals surface area contributed by atoms with E-state index in [2.05, 4.69) is 16.2 Å². The highest BCUT2D eigenvalue weighted by Crippen LogP contribution is 2.38. The van der Waals surface area contributed by atoms with Crippen molar-refractivity contribution < 1.29 is 14.0 Å². The molecule has 1 heterocycles. The standard InChI is InChI=1S/C15H15N3O3/c1-2-19-13-7-10(8-16)3-6-12(13)20-9-14-17-15(21-18-14)11-4-5-11/h3,6-7,11H,2,4-5,9H2,1H3. The molecule has 108 valence electrons. The first-order valence-corrected chi connectivity index (χ1v) is 6.92. The second-order valence-electron chi connectivity index (χ2n) is 4.82. The van der Waals surface area contributed by atoms with Crippen molar-refractivity contribution in [2.45, 2.75) is 32.3 Å². The average molecular weight is 285 g/mol. The predicted octanol–water partition coefficient (Wildman–Crippen LogP) is 2.80. The maximum absolute atomic E-state index is 8.91. The van der Waals surface area contributed by atoms with Gasteiger partial charge in [-0.05, 0) is 31.9 Å². The monoisotopic (exact) mass is 285 g/mol. The molecule has 0 aliphatic heterocycles. The van der Waals surface area contributed by atoms with Crippen molar-refractivity contribution in [3.63, 3.8) is 0 Å². The largest absolute Gasteiger partial charge is 0.490 e. The molecule has 1 aliphatic carbocycles. The summed E-state index contributed by atoms with van der Waals surface area (Å²) >= 11 is 0. The summed E-state index contributed by atoms with van der Waals surface area (Å²) in [6, 6.07) is 7.13. The molecule has 0 atom stereocenters. The number of ether oxygens (including phenoxy) is 2. The molecule has 21 heavy (non-hydrogen) atoms. The molecule has 0 saturated heterocycles. The Bertz CT molecular complexity index is 671. The van der Waals surface area contributed by atoms with E-state index in [1.807, 2.05) is 6.92 Å². The zero-order valence-corrected chi connectivity index (χ0v) is 11.7. The van der Waals surface area contributed by atoms with Crippen molar-refractivity contribution in [2.75, 3.05) is 6.61 Å². The van der Waals surface area contributed by atoms with Crippen LogP contribution in [0.25, 0.3) is 0 Å². The van der Waals surface area contributed by atoms with Crippen LogP contribution in [-0.2, 0) is 6.61 Å². The highest BCUT2D eigenvalue weighted by Gasteiger charge is 2.29. The summed E-state index contributed by atoms with van der Waals surface area (Å²) in [6.07, 6.45) is 2.24. The zero-order valence-electron chi connectivity index (χ0n) is 11.7. The maximum atomic E-state index is 8.91. The molecule has 1 aromatic heterocycles. The van der Waals surface area contributed by atoms with Gasteiger partial charge in [-0.3, -0.25) is 0 Å². The van der Waals surface area contributed by atoms with Gasteiger partial charge in [-0.2, -0.15) is 10.2 Å². The third kappa shape index (κ3) is 3.14. The Morgan fingerprint density at radius 1 is 1.33 bits per heavy atom. The Kier molecular flexibility index (Phi) is 3.73. The molecular formula is C15H15N3O3. The maximum Gasteiger partial charge on any atom is 0.229 e. The van der Waals surface area contributed by atoms with Gasteiger partial charge in [0.15, 0.2) is 18.1 Å². The fourth-order valence-electron chi connectivity index (χ4n) is 1.93. The molecule has 1 fully saturated rings. The van der Waals surface area contributed by atoms with E-state index >= 15 is 0 Å². The lowest BCUT2D eigenvalue weighted by Gasteiger charge is -2.10. The molecule has 3 rings (SSSR count). The van der Waals surface area contributed by atoms with Crippen LogP contribution in [0.2, 0.25) is 0 Å². The molecule has 0 spiro atoms. The number of nitriles is 1. The molecule has 1 saturated carbocycles. The van der Waals surface area contributed by atoms with Crippen LogP contribution in [0, 0.1) is 11.3 Å². The van der Waals surface area contributed by atoms with Crippen molar-refractivity contribution in [3.8, 4) is 17.6 Å². The second kappa shape index (κ2) is 5.83. The summed E-state index contributed by atoms with van der Waals surface area (Å²) < 4.78 is 16.3. The first-order valence-electron chi connectivity index (χ1n) is 6.92.